The van der Waals surface area contributed by atoms with Gasteiger partial charge in [-0.05, 0) is 91.3 Å². The number of carbonyl (C=O) groups is 3. The fourth-order valence-electron chi connectivity index (χ4n) is 3.97. The first kappa shape index (κ1) is 32.2. The van der Waals surface area contributed by atoms with E-state index in [4.69, 9.17) is 4.74 Å². The topological polar surface area (TPSA) is 87.7 Å². The average molecular weight is 516 g/mol. The zero-order valence-electron chi connectivity index (χ0n) is 24.8. The highest BCUT2D eigenvalue weighted by atomic mass is 16.6. The summed E-state index contributed by atoms with van der Waals surface area (Å²) in [6.45, 7) is 24.8. The number of nitrogens with zero attached hydrogens (tertiary/aromatic N) is 1. The van der Waals surface area contributed by atoms with Crippen LogP contribution in [0.25, 0.3) is 6.08 Å². The number of benzene rings is 1. The molecule has 0 bridgehead atoms. The molecule has 0 aliphatic heterocycles. The van der Waals surface area contributed by atoms with Crippen molar-refractivity contribution >= 4 is 24.0 Å². The van der Waals surface area contributed by atoms with E-state index in [1.54, 1.807) is 31.7 Å². The minimum atomic E-state index is -0.920. The molecular weight excluding hydrogens is 466 g/mol. The normalized spacial score (nSPS) is 13.9. The number of alkyl carbamates (subject to hydrolysis) is 1. The summed E-state index contributed by atoms with van der Waals surface area (Å²) in [6, 6.07) is 5.70. The van der Waals surface area contributed by atoms with Gasteiger partial charge in [0.05, 0.1) is 0 Å². The van der Waals surface area contributed by atoms with Crippen molar-refractivity contribution in [3.8, 4) is 0 Å². The van der Waals surface area contributed by atoms with Crippen LogP contribution < -0.4 is 10.6 Å². The van der Waals surface area contributed by atoms with Gasteiger partial charge in [-0.3, -0.25) is 9.59 Å². The molecule has 37 heavy (non-hydrogen) atoms. The van der Waals surface area contributed by atoms with E-state index in [-0.39, 0.29) is 17.7 Å². The Morgan fingerprint density at radius 1 is 1.05 bits per heavy atom. The Hall–Kier alpha value is -2.83. The third-order valence-electron chi connectivity index (χ3n) is 5.92. The molecule has 208 valence electrons. The molecule has 2 atom stereocenters. The Morgan fingerprint density at radius 2 is 1.65 bits per heavy atom. The number of carbonyl (C=O) groups excluding carboxylic acids is 3. The van der Waals surface area contributed by atoms with Gasteiger partial charge in [0.2, 0.25) is 11.8 Å². The van der Waals surface area contributed by atoms with Crippen molar-refractivity contribution in [2.45, 2.75) is 118 Å². The van der Waals surface area contributed by atoms with Crippen LogP contribution in [0.3, 0.4) is 0 Å². The van der Waals surface area contributed by atoms with Crippen LogP contribution in [-0.2, 0) is 14.3 Å². The molecule has 7 heteroatoms. The summed E-state index contributed by atoms with van der Waals surface area (Å²) in [5.74, 6) is -0.505. The summed E-state index contributed by atoms with van der Waals surface area (Å²) < 4.78 is 5.47. The molecule has 1 aromatic rings. The summed E-state index contributed by atoms with van der Waals surface area (Å²) in [4.78, 5) is 42.6. The van der Waals surface area contributed by atoms with Crippen LogP contribution in [0, 0.1) is 5.92 Å². The average Bonchev–Trinajstić information content (AvgIpc) is 2.73. The molecule has 7 nitrogen and oxygen atoms in total. The van der Waals surface area contributed by atoms with Crippen LogP contribution in [0.15, 0.2) is 30.8 Å². The van der Waals surface area contributed by atoms with Gasteiger partial charge in [0.15, 0.2) is 0 Å². The Kier molecular flexibility index (Phi) is 11.0. The van der Waals surface area contributed by atoms with E-state index in [1.807, 2.05) is 79.7 Å². The number of nitrogens with one attached hydrogen (secondary N) is 2. The van der Waals surface area contributed by atoms with Gasteiger partial charge in [-0.1, -0.05) is 51.6 Å². The van der Waals surface area contributed by atoms with Gasteiger partial charge in [-0.15, -0.1) is 0 Å². The Morgan fingerprint density at radius 3 is 2.11 bits per heavy atom. The molecular formula is C30H49N3O4. The number of hydrogen-bond acceptors (Lipinski definition) is 4. The first-order valence-corrected chi connectivity index (χ1v) is 13.2. The van der Waals surface area contributed by atoms with Crippen LogP contribution >= 0.6 is 0 Å². The van der Waals surface area contributed by atoms with E-state index in [1.165, 1.54) is 0 Å². The molecule has 2 N–H and O–H groups in total. The standard InChI is InChI=1S/C30H49N3O4/c1-13-21-16-15-17-22(19-21)24(25(34)32-28(5,6)7)33(30(11,12)14-2)26(35)23(18-20(3)4)31-27(36)37-29(8,9)10/h13,15-17,19-20,23-24H,1,14,18H2,2-12H3,(H,31,36)(H,32,34). The Balaban J connectivity index is 3.73. The molecule has 0 spiro atoms. The molecule has 0 fully saturated rings. The molecule has 0 radical (unpaired) electrons. The van der Waals surface area contributed by atoms with E-state index in [0.29, 0.717) is 18.4 Å². The number of hydrogen-bond donors (Lipinski definition) is 2. The highest BCUT2D eigenvalue weighted by Crippen LogP contribution is 2.33. The minimum Gasteiger partial charge on any atom is -0.444 e. The first-order chi connectivity index (χ1) is 16.8. The third-order valence-corrected chi connectivity index (χ3v) is 5.92. The lowest BCUT2D eigenvalue weighted by molar-refractivity contribution is -0.150. The second kappa shape index (κ2) is 12.6. The minimum absolute atomic E-state index is 0.112. The maximum Gasteiger partial charge on any atom is 0.408 e. The Labute approximate surface area is 224 Å². The monoisotopic (exact) mass is 515 g/mol. The number of rotatable bonds is 10. The smallest absolute Gasteiger partial charge is 0.408 e. The predicted octanol–water partition coefficient (Wildman–Crippen LogP) is 6.24. The molecule has 3 amide bonds. The van der Waals surface area contributed by atoms with Crippen molar-refractivity contribution in [2.75, 3.05) is 0 Å². The van der Waals surface area contributed by atoms with Crippen LogP contribution in [0.4, 0.5) is 4.79 Å². The molecule has 0 saturated carbocycles. The van der Waals surface area contributed by atoms with Crippen LogP contribution in [0.5, 0.6) is 0 Å². The van der Waals surface area contributed by atoms with Crippen LogP contribution in [0.2, 0.25) is 0 Å². The number of amides is 3. The maximum atomic E-state index is 14.4. The highest BCUT2D eigenvalue weighted by molar-refractivity contribution is 5.93. The second-order valence-electron chi connectivity index (χ2n) is 12.7. The zero-order chi connectivity index (χ0) is 28.8. The van der Waals surface area contributed by atoms with Crippen molar-refractivity contribution < 1.29 is 19.1 Å². The van der Waals surface area contributed by atoms with Crippen molar-refractivity contribution in [3.05, 3.63) is 42.0 Å². The lowest BCUT2D eigenvalue weighted by atomic mass is 9.90. The molecule has 1 rings (SSSR count). The summed E-state index contributed by atoms with van der Waals surface area (Å²) in [7, 11) is 0. The molecule has 0 aliphatic rings. The fourth-order valence-corrected chi connectivity index (χ4v) is 3.97. The van der Waals surface area contributed by atoms with Crippen molar-refractivity contribution in [1.29, 1.82) is 0 Å². The molecule has 0 saturated heterocycles. The van der Waals surface area contributed by atoms with E-state index >= 15 is 0 Å². The van der Waals surface area contributed by atoms with Gasteiger partial charge in [0.1, 0.15) is 17.7 Å². The summed E-state index contributed by atoms with van der Waals surface area (Å²) in [5, 5.41) is 5.86. The SMILES string of the molecule is C=Cc1cccc(C(C(=O)NC(C)(C)C)N(C(=O)C(CC(C)C)NC(=O)OC(C)(C)C)C(C)(C)CC)c1. The van der Waals surface area contributed by atoms with Gasteiger partial charge in [-0.2, -0.15) is 0 Å². The second-order valence-corrected chi connectivity index (χ2v) is 12.7. The number of ether oxygens (including phenoxy) is 1. The van der Waals surface area contributed by atoms with Gasteiger partial charge in [0, 0.05) is 11.1 Å². The lowest BCUT2D eigenvalue weighted by Crippen LogP contribution is -2.60. The lowest BCUT2D eigenvalue weighted by Gasteiger charge is -2.45. The van der Waals surface area contributed by atoms with Crippen LogP contribution in [0.1, 0.15) is 106 Å². The third kappa shape index (κ3) is 10.2. The molecule has 0 aromatic heterocycles. The van der Waals surface area contributed by atoms with Crippen molar-refractivity contribution in [3.63, 3.8) is 0 Å². The van der Waals surface area contributed by atoms with Gasteiger partial charge in [0.25, 0.3) is 0 Å². The van der Waals surface area contributed by atoms with Crippen molar-refractivity contribution in [1.82, 2.24) is 15.5 Å². The predicted molar refractivity (Wildman–Crippen MR) is 151 cm³/mol. The molecule has 0 heterocycles. The van der Waals surface area contributed by atoms with Crippen molar-refractivity contribution in [2.24, 2.45) is 5.92 Å². The molecule has 2 unspecified atom stereocenters. The first-order valence-electron chi connectivity index (χ1n) is 13.2. The van der Waals surface area contributed by atoms with E-state index < -0.39 is 34.9 Å². The summed E-state index contributed by atoms with van der Waals surface area (Å²) in [5.41, 5.74) is -0.403. The van der Waals surface area contributed by atoms with E-state index in [0.717, 1.165) is 5.56 Å². The van der Waals surface area contributed by atoms with Gasteiger partial charge >= 0.3 is 6.09 Å². The van der Waals surface area contributed by atoms with Crippen LogP contribution in [-0.4, -0.2) is 45.5 Å². The largest absolute Gasteiger partial charge is 0.444 e. The Bertz CT molecular complexity index is 954. The quantitative estimate of drug-likeness (QED) is 0.386. The van der Waals surface area contributed by atoms with Gasteiger partial charge in [-0.25, -0.2) is 4.79 Å². The highest BCUT2D eigenvalue weighted by Gasteiger charge is 2.43. The molecule has 0 aliphatic carbocycles. The maximum absolute atomic E-state index is 14.4. The van der Waals surface area contributed by atoms with E-state index in [2.05, 4.69) is 17.2 Å². The zero-order valence-corrected chi connectivity index (χ0v) is 24.8. The fraction of sp³-hybridized carbons (Fsp3) is 0.633. The van der Waals surface area contributed by atoms with Gasteiger partial charge < -0.3 is 20.3 Å². The summed E-state index contributed by atoms with van der Waals surface area (Å²) >= 11 is 0. The van der Waals surface area contributed by atoms with E-state index in [9.17, 15) is 14.4 Å². The summed E-state index contributed by atoms with van der Waals surface area (Å²) in [6.07, 6.45) is 2.05. The molecule has 1 aromatic carbocycles.